The Balaban J connectivity index is 2.17. The number of rotatable bonds is 8. The largest absolute Gasteiger partial charge is 0.493 e. The summed E-state index contributed by atoms with van der Waals surface area (Å²) in [5.74, 6) is 0.843. The zero-order valence-electron chi connectivity index (χ0n) is 17.3. The number of sulfonamides is 1. The van der Waals surface area contributed by atoms with Crippen LogP contribution in [0.2, 0.25) is 0 Å². The lowest BCUT2D eigenvalue weighted by Gasteiger charge is -2.31. The van der Waals surface area contributed by atoms with Gasteiger partial charge in [0.15, 0.2) is 11.5 Å². The lowest BCUT2D eigenvalue weighted by Crippen LogP contribution is -2.33. The maximum absolute atomic E-state index is 13.7. The molecule has 0 aromatic heterocycles. The van der Waals surface area contributed by atoms with Gasteiger partial charge in [0, 0.05) is 18.2 Å². The number of nitro benzene ring substituents is 1. The molecule has 31 heavy (non-hydrogen) atoms. The van der Waals surface area contributed by atoms with Gasteiger partial charge in [-0.25, -0.2) is 8.42 Å². The summed E-state index contributed by atoms with van der Waals surface area (Å²) in [6.07, 6.45) is 0. The summed E-state index contributed by atoms with van der Waals surface area (Å²) >= 11 is 0. The van der Waals surface area contributed by atoms with E-state index in [1.54, 1.807) is 25.1 Å². The highest BCUT2D eigenvalue weighted by atomic mass is 32.2. The predicted octanol–water partition coefficient (Wildman–Crippen LogP) is 4.57. The standard InChI is InChI=1S/C22H22N2O6S/c1-16(17-7-5-4-6-8-17)23(19-11-14-21(29-2)22(15-19)30-3)31(27,28)20-12-9-18(10-13-20)24(25)26/h4-16H,1-3H3/t16-/m1/s1. The molecule has 0 spiro atoms. The normalized spacial score (nSPS) is 12.1. The van der Waals surface area contributed by atoms with Crippen LogP contribution in [0.1, 0.15) is 18.5 Å². The molecule has 8 nitrogen and oxygen atoms in total. The molecule has 0 heterocycles. The lowest BCUT2D eigenvalue weighted by atomic mass is 10.1. The predicted molar refractivity (Wildman–Crippen MR) is 117 cm³/mol. The van der Waals surface area contributed by atoms with E-state index in [0.29, 0.717) is 17.2 Å². The van der Waals surface area contributed by atoms with Crippen molar-refractivity contribution >= 4 is 21.4 Å². The van der Waals surface area contributed by atoms with Crippen molar-refractivity contribution in [3.8, 4) is 11.5 Å². The zero-order valence-corrected chi connectivity index (χ0v) is 18.1. The van der Waals surface area contributed by atoms with Crippen molar-refractivity contribution in [3.63, 3.8) is 0 Å². The molecule has 0 aliphatic heterocycles. The van der Waals surface area contributed by atoms with E-state index in [1.807, 2.05) is 30.3 Å². The molecule has 0 amide bonds. The Bertz CT molecular complexity index is 1160. The fourth-order valence-electron chi connectivity index (χ4n) is 3.25. The van der Waals surface area contributed by atoms with Gasteiger partial charge < -0.3 is 9.47 Å². The van der Waals surface area contributed by atoms with Gasteiger partial charge in [-0.3, -0.25) is 14.4 Å². The molecule has 0 radical (unpaired) electrons. The molecular weight excluding hydrogens is 420 g/mol. The van der Waals surface area contributed by atoms with E-state index in [1.165, 1.54) is 42.8 Å². The second-order valence-electron chi connectivity index (χ2n) is 6.68. The van der Waals surface area contributed by atoms with Gasteiger partial charge >= 0.3 is 0 Å². The van der Waals surface area contributed by atoms with Crippen molar-refractivity contribution in [2.24, 2.45) is 0 Å². The van der Waals surface area contributed by atoms with E-state index in [-0.39, 0.29) is 10.6 Å². The Labute approximate surface area is 180 Å². The highest BCUT2D eigenvalue weighted by Crippen LogP contribution is 2.38. The van der Waals surface area contributed by atoms with Crippen molar-refractivity contribution in [3.05, 3.63) is 88.5 Å². The number of non-ortho nitro benzene ring substituents is 1. The quantitative estimate of drug-likeness (QED) is 0.374. The van der Waals surface area contributed by atoms with Gasteiger partial charge in [-0.2, -0.15) is 0 Å². The molecule has 3 rings (SSSR count). The van der Waals surface area contributed by atoms with Crippen molar-refractivity contribution in [1.82, 2.24) is 0 Å². The zero-order chi connectivity index (χ0) is 22.6. The van der Waals surface area contributed by atoms with Crippen LogP contribution in [0.3, 0.4) is 0 Å². The van der Waals surface area contributed by atoms with E-state index in [2.05, 4.69) is 0 Å². The van der Waals surface area contributed by atoms with E-state index >= 15 is 0 Å². The maximum Gasteiger partial charge on any atom is 0.269 e. The molecule has 9 heteroatoms. The van der Waals surface area contributed by atoms with E-state index in [0.717, 1.165) is 5.56 Å². The first-order valence-electron chi connectivity index (χ1n) is 9.35. The number of anilines is 1. The van der Waals surface area contributed by atoms with Gasteiger partial charge in [0.1, 0.15) is 0 Å². The first-order valence-corrected chi connectivity index (χ1v) is 10.8. The molecule has 3 aromatic rings. The number of hydrogen-bond donors (Lipinski definition) is 0. The monoisotopic (exact) mass is 442 g/mol. The van der Waals surface area contributed by atoms with Crippen LogP contribution in [0.5, 0.6) is 11.5 Å². The molecule has 0 aliphatic carbocycles. The third-order valence-electron chi connectivity index (χ3n) is 4.86. The number of nitro groups is 1. The summed E-state index contributed by atoms with van der Waals surface area (Å²) in [5, 5.41) is 11.0. The molecule has 0 saturated heterocycles. The maximum atomic E-state index is 13.7. The van der Waals surface area contributed by atoms with Crippen molar-refractivity contribution < 1.29 is 22.8 Å². The topological polar surface area (TPSA) is 99.0 Å². The number of ether oxygens (including phenoxy) is 2. The third-order valence-corrected chi connectivity index (χ3v) is 6.77. The van der Waals surface area contributed by atoms with E-state index in [4.69, 9.17) is 9.47 Å². The molecular formula is C22H22N2O6S. The minimum atomic E-state index is -4.07. The van der Waals surface area contributed by atoms with Crippen LogP contribution in [0.4, 0.5) is 11.4 Å². The van der Waals surface area contributed by atoms with Crippen LogP contribution in [0.15, 0.2) is 77.7 Å². The third kappa shape index (κ3) is 4.46. The summed E-state index contributed by atoms with van der Waals surface area (Å²) in [6, 6.07) is 18.3. The van der Waals surface area contributed by atoms with Crippen molar-refractivity contribution in [2.75, 3.05) is 18.5 Å². The number of nitrogens with zero attached hydrogens (tertiary/aromatic N) is 2. The first kappa shape index (κ1) is 22.1. The fourth-order valence-corrected chi connectivity index (χ4v) is 4.89. The average Bonchev–Trinajstić information content (AvgIpc) is 2.79. The second kappa shape index (κ2) is 9.05. The summed E-state index contributed by atoms with van der Waals surface area (Å²) in [5.41, 5.74) is 0.961. The minimum Gasteiger partial charge on any atom is -0.493 e. The Hall–Kier alpha value is -3.59. The summed E-state index contributed by atoms with van der Waals surface area (Å²) in [7, 11) is -1.11. The van der Waals surface area contributed by atoms with Gasteiger partial charge in [0.05, 0.1) is 35.8 Å². The Morgan fingerprint density at radius 3 is 2.06 bits per heavy atom. The van der Waals surface area contributed by atoms with Crippen LogP contribution < -0.4 is 13.8 Å². The molecule has 0 aliphatic rings. The number of hydrogen-bond acceptors (Lipinski definition) is 6. The second-order valence-corrected chi connectivity index (χ2v) is 8.49. The highest BCUT2D eigenvalue weighted by Gasteiger charge is 2.31. The Morgan fingerprint density at radius 2 is 1.52 bits per heavy atom. The van der Waals surface area contributed by atoms with Gasteiger partial charge in [-0.15, -0.1) is 0 Å². The van der Waals surface area contributed by atoms with Crippen molar-refractivity contribution in [2.45, 2.75) is 17.9 Å². The summed E-state index contributed by atoms with van der Waals surface area (Å²) < 4.78 is 39.2. The molecule has 3 aromatic carbocycles. The summed E-state index contributed by atoms with van der Waals surface area (Å²) in [6.45, 7) is 1.77. The molecule has 0 bridgehead atoms. The van der Waals surface area contributed by atoms with Gasteiger partial charge in [0.25, 0.3) is 15.7 Å². The van der Waals surface area contributed by atoms with Crippen LogP contribution in [0.25, 0.3) is 0 Å². The number of methoxy groups -OCH3 is 2. The van der Waals surface area contributed by atoms with Gasteiger partial charge in [0.2, 0.25) is 0 Å². The van der Waals surface area contributed by atoms with Crippen LogP contribution in [-0.2, 0) is 10.0 Å². The molecule has 0 saturated carbocycles. The van der Waals surface area contributed by atoms with Gasteiger partial charge in [-0.05, 0) is 36.8 Å². The molecule has 1 atom stereocenters. The van der Waals surface area contributed by atoms with Crippen molar-refractivity contribution in [1.29, 1.82) is 0 Å². The molecule has 0 N–H and O–H groups in total. The lowest BCUT2D eigenvalue weighted by molar-refractivity contribution is -0.384. The molecule has 162 valence electrons. The smallest absolute Gasteiger partial charge is 0.269 e. The Kier molecular flexibility index (Phi) is 6.45. The average molecular weight is 442 g/mol. The van der Waals surface area contributed by atoms with Gasteiger partial charge in [-0.1, -0.05) is 30.3 Å². The highest BCUT2D eigenvalue weighted by molar-refractivity contribution is 7.92. The number of benzene rings is 3. The first-order chi connectivity index (χ1) is 14.8. The minimum absolute atomic E-state index is 0.0596. The van der Waals surface area contributed by atoms with E-state index in [9.17, 15) is 18.5 Å². The molecule has 0 fully saturated rings. The Morgan fingerprint density at radius 1 is 0.903 bits per heavy atom. The fraction of sp³-hybridized carbons (Fsp3) is 0.182. The summed E-state index contributed by atoms with van der Waals surface area (Å²) in [4.78, 5) is 10.3. The molecule has 0 unspecified atom stereocenters. The van der Waals surface area contributed by atoms with E-state index < -0.39 is 21.0 Å². The van der Waals surface area contributed by atoms with Crippen LogP contribution >= 0.6 is 0 Å². The van der Waals surface area contributed by atoms with Crippen LogP contribution in [-0.4, -0.2) is 27.6 Å². The SMILES string of the molecule is COc1ccc(N([C@H](C)c2ccccc2)S(=O)(=O)c2ccc([N+](=O)[O-])cc2)cc1OC. The van der Waals surface area contributed by atoms with Crippen LogP contribution in [0, 0.1) is 10.1 Å².